The van der Waals surface area contributed by atoms with Gasteiger partial charge in [0.05, 0.1) is 31.8 Å². The standard InChI is InChI=1S/C61H94N14O27S/c1-28(2)22-35(70-52(92)32(11-14-42(63)76)67-55(95)36(24-47(84)85)71-53(93)34(18-21-103-5)69-58(98)40-8-6-19-74(40)59(99)30(62)10-15-44(78)79)54(94)72-38(26-49(88)89)57(97)73-37(25-48(86)87)56(96)68-33(13-17-46(82)83)51(91)66-31(12-16-45(80)81)50(90)64-27-43(77)65-39(23-29(3)4)60(100)75-20-7-9-41(75)61(101)102/h28-41H,6-27,62H2,1-5H3,(H2,63,76)(H,64,90)(H,65,77)(H,66,91)(H,67,95)(H,68,96)(H,69,98)(H,70,92)(H,71,93)(H,72,94)(H,73,97)(H,78,79)(H,80,81)(H,82,83)(H,84,85)(H,86,87)(H,88,89)(H,101,102)/t30-,31-,32-,33-,34-,35-,36-,37-,38-,39-,40-,41-/m0/s1. The van der Waals surface area contributed by atoms with E-state index in [-0.39, 0.29) is 63.3 Å². The molecule has 2 aliphatic heterocycles. The summed E-state index contributed by atoms with van der Waals surface area (Å²) in [6, 6.07) is -20.7. The molecule has 21 N–H and O–H groups in total. The molecule has 576 valence electrons. The monoisotopic (exact) mass is 1490 g/mol. The van der Waals surface area contributed by atoms with E-state index < -0.39 is 268 Å². The second-order valence-corrected chi connectivity index (χ2v) is 26.3. The summed E-state index contributed by atoms with van der Waals surface area (Å²) in [5.41, 5.74) is 11.3. The number of carbonyl (C=O) groups is 20. The van der Waals surface area contributed by atoms with Gasteiger partial charge in [0, 0.05) is 38.8 Å². The van der Waals surface area contributed by atoms with Crippen LogP contribution in [0.25, 0.3) is 0 Å². The Balaban J connectivity index is 2.44. The van der Waals surface area contributed by atoms with Gasteiger partial charge in [-0.15, -0.1) is 0 Å². The minimum absolute atomic E-state index is 0.0339. The van der Waals surface area contributed by atoms with Crippen LogP contribution in [0.15, 0.2) is 0 Å². The molecular formula is C61H94N14O27S. The first kappa shape index (κ1) is 88.8. The molecule has 0 radical (unpaired) electrons. The molecule has 0 aliphatic carbocycles. The number of hydrogen-bond donors (Lipinski definition) is 19. The van der Waals surface area contributed by atoms with Crippen molar-refractivity contribution in [3.63, 3.8) is 0 Å². The number of likely N-dealkylation sites (tertiary alicyclic amines) is 2. The zero-order valence-electron chi connectivity index (χ0n) is 57.4. The number of hydrogen-bond acceptors (Lipinski definition) is 22. The lowest BCUT2D eigenvalue weighted by atomic mass is 10.0. The predicted octanol–water partition coefficient (Wildman–Crippen LogP) is -6.01. The molecule has 41 nitrogen and oxygen atoms in total. The van der Waals surface area contributed by atoms with Gasteiger partial charge < -0.3 is 110 Å². The second-order valence-electron chi connectivity index (χ2n) is 25.3. The van der Waals surface area contributed by atoms with Gasteiger partial charge in [-0.25, -0.2) is 4.79 Å². The molecule has 0 unspecified atom stereocenters. The molecule has 12 atom stereocenters. The van der Waals surface area contributed by atoms with Gasteiger partial charge in [0.15, 0.2) is 0 Å². The first-order valence-electron chi connectivity index (χ1n) is 32.8. The molecule has 2 fully saturated rings. The number of carbonyl (C=O) groups excluding carboxylic acids is 13. The third-order valence-corrected chi connectivity index (χ3v) is 16.5. The highest BCUT2D eigenvalue weighted by Gasteiger charge is 2.42. The van der Waals surface area contributed by atoms with Crippen LogP contribution in [-0.2, 0) is 95.9 Å². The van der Waals surface area contributed by atoms with Crippen LogP contribution in [0.2, 0.25) is 0 Å². The number of carboxylic acid groups (broad SMARTS) is 7. The van der Waals surface area contributed by atoms with Crippen molar-refractivity contribution in [2.24, 2.45) is 23.3 Å². The van der Waals surface area contributed by atoms with E-state index in [1.807, 2.05) is 10.6 Å². The van der Waals surface area contributed by atoms with Crippen molar-refractivity contribution in [3.8, 4) is 0 Å². The number of amides is 13. The lowest BCUT2D eigenvalue weighted by molar-refractivity contribution is -0.149. The van der Waals surface area contributed by atoms with Crippen molar-refractivity contribution < 1.29 is 132 Å². The summed E-state index contributed by atoms with van der Waals surface area (Å²) >= 11 is 1.22. The Labute approximate surface area is 593 Å². The largest absolute Gasteiger partial charge is 0.481 e. The summed E-state index contributed by atoms with van der Waals surface area (Å²) in [6.07, 6.45) is -7.08. The summed E-state index contributed by atoms with van der Waals surface area (Å²) in [5, 5.41) is 89.4. The van der Waals surface area contributed by atoms with Crippen LogP contribution in [0.4, 0.5) is 0 Å². The minimum Gasteiger partial charge on any atom is -0.481 e. The first-order chi connectivity index (χ1) is 48.1. The Morgan fingerprint density at radius 3 is 1.16 bits per heavy atom. The van der Waals surface area contributed by atoms with Crippen LogP contribution in [0.1, 0.15) is 143 Å². The van der Waals surface area contributed by atoms with E-state index in [9.17, 15) is 127 Å². The van der Waals surface area contributed by atoms with Gasteiger partial charge in [-0.3, -0.25) is 91.1 Å². The van der Waals surface area contributed by atoms with E-state index in [2.05, 4.69) is 42.5 Å². The van der Waals surface area contributed by atoms with E-state index in [4.69, 9.17) is 16.6 Å². The third-order valence-electron chi connectivity index (χ3n) is 15.9. The fourth-order valence-electron chi connectivity index (χ4n) is 10.8. The summed E-state index contributed by atoms with van der Waals surface area (Å²) < 4.78 is 0. The van der Waals surface area contributed by atoms with Crippen molar-refractivity contribution in [1.29, 1.82) is 0 Å². The molecule has 13 amide bonds. The van der Waals surface area contributed by atoms with Crippen molar-refractivity contribution >= 4 is 130 Å². The fraction of sp³-hybridized carbons (Fsp3) is 0.672. The fourth-order valence-corrected chi connectivity index (χ4v) is 11.3. The van der Waals surface area contributed by atoms with Gasteiger partial charge in [0.1, 0.15) is 66.5 Å². The lowest BCUT2D eigenvalue weighted by Gasteiger charge is -2.29. The Morgan fingerprint density at radius 2 is 0.757 bits per heavy atom. The van der Waals surface area contributed by atoms with Gasteiger partial charge in [-0.05, 0) is 94.5 Å². The van der Waals surface area contributed by atoms with E-state index >= 15 is 0 Å². The zero-order valence-corrected chi connectivity index (χ0v) is 58.2. The lowest BCUT2D eigenvalue weighted by Crippen LogP contribution is -2.61. The molecule has 0 spiro atoms. The highest BCUT2D eigenvalue weighted by Crippen LogP contribution is 2.22. The molecule has 0 bridgehead atoms. The predicted molar refractivity (Wildman–Crippen MR) is 353 cm³/mol. The number of rotatable bonds is 48. The van der Waals surface area contributed by atoms with Gasteiger partial charge in [-0.2, -0.15) is 11.8 Å². The van der Waals surface area contributed by atoms with Gasteiger partial charge >= 0.3 is 41.8 Å². The SMILES string of the molecule is CSCC[C@H](NC(=O)[C@@H]1CCCN1C(=O)[C@@H](N)CCC(=O)O)C(=O)N[C@@H](CC(=O)O)C(=O)N[C@@H](CCC(N)=O)C(=O)N[C@@H](CC(C)C)C(=O)N[C@@H](CC(=O)O)C(=O)N[C@@H](CC(=O)O)C(=O)N[C@@H](CCC(=O)O)C(=O)N[C@@H](CCC(=O)O)C(=O)NCC(=O)N[C@@H](CC(C)C)C(=O)N1CCC[C@H]1C(=O)O. The molecular weight excluding hydrogens is 1390 g/mol. The van der Waals surface area contributed by atoms with Gasteiger partial charge in [0.2, 0.25) is 76.8 Å². The topological polar surface area (TPSA) is 662 Å². The Morgan fingerprint density at radius 1 is 0.408 bits per heavy atom. The van der Waals surface area contributed by atoms with Crippen LogP contribution in [0, 0.1) is 11.8 Å². The number of primary amides is 1. The highest BCUT2D eigenvalue weighted by molar-refractivity contribution is 7.98. The van der Waals surface area contributed by atoms with E-state index in [0.29, 0.717) is 12.8 Å². The van der Waals surface area contributed by atoms with Crippen LogP contribution >= 0.6 is 11.8 Å². The Kier molecular flexibility index (Phi) is 38.1. The van der Waals surface area contributed by atoms with Crippen molar-refractivity contribution in [2.45, 2.75) is 216 Å². The number of nitrogens with two attached hydrogens (primary N) is 2. The molecule has 42 heteroatoms. The van der Waals surface area contributed by atoms with Gasteiger partial charge in [-0.1, -0.05) is 27.7 Å². The Bertz CT molecular complexity index is 3140. The third kappa shape index (κ3) is 32.5. The van der Waals surface area contributed by atoms with Crippen molar-refractivity contribution in [3.05, 3.63) is 0 Å². The molecule has 2 aliphatic rings. The quantitative estimate of drug-likeness (QED) is 0.0270. The maximum Gasteiger partial charge on any atom is 0.326 e. The van der Waals surface area contributed by atoms with E-state index in [1.54, 1.807) is 20.1 Å². The van der Waals surface area contributed by atoms with E-state index in [0.717, 1.165) is 9.80 Å². The highest BCUT2D eigenvalue weighted by atomic mass is 32.2. The molecule has 2 rings (SSSR count). The smallest absolute Gasteiger partial charge is 0.326 e. The number of thioether (sulfide) groups is 1. The molecule has 2 heterocycles. The van der Waals surface area contributed by atoms with E-state index in [1.165, 1.54) is 25.6 Å². The minimum atomic E-state index is -2.32. The number of aliphatic carboxylic acids is 7. The molecule has 0 saturated carbocycles. The summed E-state index contributed by atoms with van der Waals surface area (Å²) in [7, 11) is 0. The van der Waals surface area contributed by atoms with Crippen LogP contribution < -0.4 is 64.6 Å². The average molecular weight is 1490 g/mol. The summed E-state index contributed by atoms with van der Waals surface area (Å²) in [4.78, 5) is 263. The normalized spacial score (nSPS) is 16.9. The molecule has 2 saturated heterocycles. The van der Waals surface area contributed by atoms with Crippen LogP contribution in [0.5, 0.6) is 0 Å². The number of carboxylic acids is 7. The number of nitrogens with zero attached hydrogens (tertiary/aromatic N) is 2. The molecule has 103 heavy (non-hydrogen) atoms. The van der Waals surface area contributed by atoms with Crippen LogP contribution in [-0.4, -0.2) is 268 Å². The first-order valence-corrected chi connectivity index (χ1v) is 34.2. The number of nitrogens with one attached hydrogen (secondary N) is 10. The Hall–Kier alpha value is -10.3. The maximum absolute atomic E-state index is 14.2. The summed E-state index contributed by atoms with van der Waals surface area (Å²) in [6.45, 7) is 5.71. The molecule has 0 aromatic heterocycles. The van der Waals surface area contributed by atoms with Gasteiger partial charge in [0.25, 0.3) is 0 Å². The second kappa shape index (κ2) is 44.2. The average Bonchev–Trinajstić information content (AvgIpc) is 1.76. The molecule has 0 aromatic carbocycles. The molecule has 0 aromatic rings. The van der Waals surface area contributed by atoms with Crippen molar-refractivity contribution in [1.82, 2.24) is 63.0 Å². The summed E-state index contributed by atoms with van der Waals surface area (Å²) in [5.74, 6) is -26.8. The van der Waals surface area contributed by atoms with Crippen LogP contribution in [0.3, 0.4) is 0 Å². The zero-order chi connectivity index (χ0) is 78.1. The maximum atomic E-state index is 14.2. The van der Waals surface area contributed by atoms with Crippen molar-refractivity contribution in [2.75, 3.05) is 31.6 Å².